The number of pyridine rings is 1. The zero-order chi connectivity index (χ0) is 11.7. The van der Waals surface area contributed by atoms with E-state index in [1.54, 1.807) is 0 Å². The largest absolute Gasteiger partial charge is 0.381 e. The van der Waals surface area contributed by atoms with E-state index in [2.05, 4.69) is 4.98 Å². The topological polar surface area (TPSA) is 42.2 Å². The molecule has 1 saturated heterocycles. The van der Waals surface area contributed by atoms with Crippen LogP contribution in [0.2, 0.25) is 0 Å². The normalized spacial score (nSPS) is 20.4. The molecule has 5 heteroatoms. The van der Waals surface area contributed by atoms with Crippen molar-refractivity contribution in [3.63, 3.8) is 0 Å². The Morgan fingerprint density at radius 2 is 2.25 bits per heavy atom. The molecule has 0 radical (unpaired) electrons. The third-order valence-corrected chi connectivity index (χ3v) is 3.06. The van der Waals surface area contributed by atoms with Crippen LogP contribution < -0.4 is 10.6 Å². The molecule has 2 rings (SSSR count). The minimum absolute atomic E-state index is 0.184. The summed E-state index contributed by atoms with van der Waals surface area (Å²) in [5.74, 6) is -1.48. The molecule has 1 fully saturated rings. The van der Waals surface area contributed by atoms with Gasteiger partial charge >= 0.3 is 0 Å². The molecule has 1 atom stereocenters. The van der Waals surface area contributed by atoms with Crippen LogP contribution in [0.15, 0.2) is 6.07 Å². The Labute approximate surface area is 93.3 Å². The van der Waals surface area contributed by atoms with Crippen LogP contribution in [0, 0.1) is 11.6 Å². The second-order valence-corrected chi connectivity index (χ2v) is 4.06. The highest BCUT2D eigenvalue weighted by Gasteiger charge is 2.27. The van der Waals surface area contributed by atoms with Crippen molar-refractivity contribution in [2.24, 2.45) is 0 Å². The van der Waals surface area contributed by atoms with Gasteiger partial charge in [0.2, 0.25) is 0 Å². The van der Waals surface area contributed by atoms with Crippen LogP contribution in [0.3, 0.4) is 0 Å². The van der Waals surface area contributed by atoms with Crippen molar-refractivity contribution in [2.75, 3.05) is 17.2 Å². The van der Waals surface area contributed by atoms with Gasteiger partial charge in [-0.05, 0) is 19.3 Å². The minimum Gasteiger partial charge on any atom is -0.381 e. The Morgan fingerprint density at radius 3 is 2.94 bits per heavy atom. The summed E-state index contributed by atoms with van der Waals surface area (Å²) in [6.45, 7) is 2.81. The molecule has 16 heavy (non-hydrogen) atoms. The maximum atomic E-state index is 13.6. The van der Waals surface area contributed by atoms with Gasteiger partial charge in [-0.2, -0.15) is 0 Å². The Balaban J connectivity index is 2.36. The smallest absolute Gasteiger partial charge is 0.168 e. The van der Waals surface area contributed by atoms with E-state index in [4.69, 9.17) is 5.73 Å². The average Bonchev–Trinajstić information content (AvgIpc) is 2.71. The minimum atomic E-state index is -0.798. The summed E-state index contributed by atoms with van der Waals surface area (Å²) in [6, 6.07) is 1.09. The van der Waals surface area contributed by atoms with Gasteiger partial charge in [0.1, 0.15) is 0 Å². The number of nitrogen functional groups attached to an aromatic ring is 1. The van der Waals surface area contributed by atoms with Crippen LogP contribution in [0.5, 0.6) is 0 Å². The van der Waals surface area contributed by atoms with Gasteiger partial charge in [0, 0.05) is 18.7 Å². The van der Waals surface area contributed by atoms with Gasteiger partial charge in [-0.3, -0.25) is 0 Å². The molecular weight excluding hydrogens is 212 g/mol. The molecule has 1 aromatic heterocycles. The van der Waals surface area contributed by atoms with E-state index in [1.165, 1.54) is 0 Å². The van der Waals surface area contributed by atoms with E-state index >= 15 is 0 Å². The summed E-state index contributed by atoms with van der Waals surface area (Å²) in [5, 5.41) is 0. The van der Waals surface area contributed by atoms with Gasteiger partial charge in [0.05, 0.1) is 0 Å². The first kappa shape index (κ1) is 11.1. The fraction of sp³-hybridized carbons (Fsp3) is 0.545. The summed E-state index contributed by atoms with van der Waals surface area (Å²) < 4.78 is 26.6. The van der Waals surface area contributed by atoms with Crippen LogP contribution in [0.25, 0.3) is 0 Å². The number of halogens is 2. The molecule has 0 saturated carbocycles. The molecule has 0 aromatic carbocycles. The van der Waals surface area contributed by atoms with E-state index in [9.17, 15) is 8.78 Å². The fourth-order valence-corrected chi connectivity index (χ4v) is 2.21. The van der Waals surface area contributed by atoms with E-state index in [0.29, 0.717) is 0 Å². The van der Waals surface area contributed by atoms with Gasteiger partial charge in [-0.1, -0.05) is 6.92 Å². The first-order valence-electron chi connectivity index (χ1n) is 5.51. The first-order valence-corrected chi connectivity index (χ1v) is 5.51. The second-order valence-electron chi connectivity index (χ2n) is 4.06. The standard InChI is InChI=1S/C11H15F2N3/c1-2-7-4-3-5-16(7)11-9(13)6-8(12)10(14)15-11/h6-7H,2-5H2,1H3,(H2,14,15). The van der Waals surface area contributed by atoms with Crippen molar-refractivity contribution in [3.8, 4) is 0 Å². The lowest BCUT2D eigenvalue weighted by atomic mass is 10.2. The number of anilines is 2. The SMILES string of the molecule is CCC1CCCN1c1nc(N)c(F)cc1F. The lowest BCUT2D eigenvalue weighted by Crippen LogP contribution is -2.30. The zero-order valence-corrected chi connectivity index (χ0v) is 9.21. The third-order valence-electron chi connectivity index (χ3n) is 3.06. The van der Waals surface area contributed by atoms with Crippen molar-refractivity contribution < 1.29 is 8.78 Å². The summed E-state index contributed by atoms with van der Waals surface area (Å²) in [5.41, 5.74) is 5.36. The highest BCUT2D eigenvalue weighted by atomic mass is 19.1. The van der Waals surface area contributed by atoms with E-state index < -0.39 is 11.6 Å². The highest BCUT2D eigenvalue weighted by molar-refractivity contribution is 5.48. The molecule has 1 aliphatic rings. The first-order chi connectivity index (χ1) is 7.63. The molecule has 1 aromatic rings. The van der Waals surface area contributed by atoms with Crippen LogP contribution in [-0.4, -0.2) is 17.6 Å². The molecule has 0 aliphatic carbocycles. The predicted octanol–water partition coefficient (Wildman–Crippen LogP) is 2.32. The number of hydrogen-bond acceptors (Lipinski definition) is 3. The van der Waals surface area contributed by atoms with E-state index in [-0.39, 0.29) is 17.7 Å². The Bertz CT molecular complexity index is 395. The molecule has 2 N–H and O–H groups in total. The Kier molecular flexibility index (Phi) is 2.94. The lowest BCUT2D eigenvalue weighted by molar-refractivity contribution is 0.561. The second kappa shape index (κ2) is 4.23. The van der Waals surface area contributed by atoms with Crippen LogP contribution in [0.4, 0.5) is 20.4 Å². The van der Waals surface area contributed by atoms with Crippen LogP contribution in [-0.2, 0) is 0 Å². The van der Waals surface area contributed by atoms with Crippen LogP contribution in [0.1, 0.15) is 26.2 Å². The van der Waals surface area contributed by atoms with Gasteiger partial charge in [-0.25, -0.2) is 13.8 Å². The highest BCUT2D eigenvalue weighted by Crippen LogP contribution is 2.29. The number of rotatable bonds is 2. The molecule has 88 valence electrons. The summed E-state index contributed by atoms with van der Waals surface area (Å²) >= 11 is 0. The monoisotopic (exact) mass is 227 g/mol. The molecule has 0 spiro atoms. The molecule has 3 nitrogen and oxygen atoms in total. The third kappa shape index (κ3) is 1.81. The Morgan fingerprint density at radius 1 is 1.50 bits per heavy atom. The molecule has 1 unspecified atom stereocenters. The van der Waals surface area contributed by atoms with E-state index in [0.717, 1.165) is 31.9 Å². The van der Waals surface area contributed by atoms with Crippen molar-refractivity contribution in [3.05, 3.63) is 17.7 Å². The number of nitrogens with zero attached hydrogens (tertiary/aromatic N) is 2. The van der Waals surface area contributed by atoms with Gasteiger partial charge in [0.25, 0.3) is 0 Å². The fourth-order valence-electron chi connectivity index (χ4n) is 2.21. The average molecular weight is 227 g/mol. The van der Waals surface area contributed by atoms with E-state index in [1.807, 2.05) is 11.8 Å². The number of aromatic nitrogens is 1. The summed E-state index contributed by atoms with van der Waals surface area (Å²) in [6.07, 6.45) is 2.96. The molecule has 2 heterocycles. The van der Waals surface area contributed by atoms with Crippen molar-refractivity contribution in [2.45, 2.75) is 32.2 Å². The maximum Gasteiger partial charge on any atom is 0.168 e. The predicted molar refractivity (Wildman–Crippen MR) is 59.2 cm³/mol. The van der Waals surface area contributed by atoms with Crippen molar-refractivity contribution in [1.82, 2.24) is 4.98 Å². The molecule has 0 amide bonds. The lowest BCUT2D eigenvalue weighted by Gasteiger charge is -2.25. The molecule has 1 aliphatic heterocycles. The maximum absolute atomic E-state index is 13.6. The molecular formula is C11H15F2N3. The number of hydrogen-bond donors (Lipinski definition) is 1. The zero-order valence-electron chi connectivity index (χ0n) is 9.21. The Hall–Kier alpha value is -1.39. The van der Waals surface area contributed by atoms with Gasteiger partial charge in [-0.15, -0.1) is 0 Å². The quantitative estimate of drug-likeness (QED) is 0.843. The summed E-state index contributed by atoms with van der Waals surface area (Å²) in [4.78, 5) is 5.69. The van der Waals surface area contributed by atoms with Gasteiger partial charge < -0.3 is 10.6 Å². The van der Waals surface area contributed by atoms with Crippen molar-refractivity contribution >= 4 is 11.6 Å². The number of nitrogens with two attached hydrogens (primary N) is 1. The molecule has 0 bridgehead atoms. The summed E-state index contributed by atoms with van der Waals surface area (Å²) in [7, 11) is 0. The van der Waals surface area contributed by atoms with Crippen LogP contribution >= 0.6 is 0 Å². The van der Waals surface area contributed by atoms with Crippen molar-refractivity contribution in [1.29, 1.82) is 0 Å². The van der Waals surface area contributed by atoms with Gasteiger partial charge in [0.15, 0.2) is 23.3 Å².